The van der Waals surface area contributed by atoms with E-state index in [0.29, 0.717) is 17.5 Å². The van der Waals surface area contributed by atoms with Crippen LogP contribution in [0, 0.1) is 37.7 Å². The number of hydrogen-bond acceptors (Lipinski definition) is 8. The molecule has 3 aromatic carbocycles. The van der Waals surface area contributed by atoms with Gasteiger partial charge in [-0.1, -0.05) is 94.7 Å². The number of hydrogen-bond donors (Lipinski definition) is 1. The van der Waals surface area contributed by atoms with Gasteiger partial charge in [-0.05, 0) is 69.1 Å². The maximum atomic E-state index is 11.7. The van der Waals surface area contributed by atoms with Crippen molar-refractivity contribution in [3.05, 3.63) is 90.0 Å². The minimum Gasteiger partial charge on any atom is -0.512 e. The summed E-state index contributed by atoms with van der Waals surface area (Å²) in [4.78, 5) is 34.9. The van der Waals surface area contributed by atoms with Crippen molar-refractivity contribution < 1.29 is 30.0 Å². The van der Waals surface area contributed by atoms with Gasteiger partial charge >= 0.3 is 0 Å². The number of carbonyl (C=O) groups excluding carboxylic acids is 1. The van der Waals surface area contributed by atoms with Crippen molar-refractivity contribution in [2.24, 2.45) is 17.8 Å². The first-order chi connectivity index (χ1) is 25.2. The zero-order valence-electron chi connectivity index (χ0n) is 31.7. The summed E-state index contributed by atoms with van der Waals surface area (Å²) < 4.78 is 2.37. The number of fused-ring (bicyclic) bond motifs is 4. The molecule has 3 aromatic heterocycles. The molecule has 7 rings (SSSR count). The number of ketones is 1. The number of aliphatic hydroxyl groups excluding tert-OH is 1. The van der Waals surface area contributed by atoms with Crippen molar-refractivity contribution in [2.75, 3.05) is 0 Å². The summed E-state index contributed by atoms with van der Waals surface area (Å²) in [7, 11) is 0. The van der Waals surface area contributed by atoms with Crippen LogP contribution in [0.3, 0.4) is 0 Å². The number of aromatic nitrogens is 5. The van der Waals surface area contributed by atoms with E-state index in [0.717, 1.165) is 69.4 Å². The summed E-state index contributed by atoms with van der Waals surface area (Å²) in [6.07, 6.45) is 13.2. The molecule has 9 heteroatoms. The van der Waals surface area contributed by atoms with Crippen molar-refractivity contribution in [3.63, 3.8) is 0 Å². The molecular weight excluding hydrogens is 855 g/mol. The number of thiophene rings is 1. The third kappa shape index (κ3) is 9.25. The summed E-state index contributed by atoms with van der Waals surface area (Å²) in [5.74, 6) is 3.47. The maximum absolute atomic E-state index is 11.7. The standard InChI is InChI=1S/C31H26N5S.C13H24O2.Ir/c1-18-34-19(2)36-31(35-18)26-16-23(15-22-9-5-6-10-24(22)26)28-30-29(33-17-32-28)25-12-11-21(14-27(25)37-30)13-20-7-3-4-8-20;1-5-10(6-2)12(14)9-13(15)11(7-3)8-4;/h5-6,9-12,14,16-17,20H,3-4,7-8,13H2,1-2H3;9-11,14H,5-8H2,1-4H3;/q-1;;/b;12-9-;. The minimum atomic E-state index is 0. The molecule has 6 aromatic rings. The molecule has 0 atom stereocenters. The van der Waals surface area contributed by atoms with Gasteiger partial charge < -0.3 is 5.11 Å². The van der Waals surface area contributed by atoms with Gasteiger partial charge in [0.1, 0.15) is 23.8 Å². The fourth-order valence-electron chi connectivity index (χ4n) is 7.54. The van der Waals surface area contributed by atoms with E-state index >= 15 is 0 Å². The van der Waals surface area contributed by atoms with Gasteiger partial charge in [-0.2, -0.15) is 0 Å². The summed E-state index contributed by atoms with van der Waals surface area (Å²) >= 11 is 1.78. The molecule has 0 bridgehead atoms. The largest absolute Gasteiger partial charge is 0.512 e. The maximum Gasteiger partial charge on any atom is 0.162 e. The van der Waals surface area contributed by atoms with E-state index in [1.807, 2.05) is 53.7 Å². The zero-order valence-corrected chi connectivity index (χ0v) is 34.9. The Hall–Kier alpha value is -3.91. The molecule has 1 fully saturated rings. The van der Waals surface area contributed by atoms with Gasteiger partial charge in [0.2, 0.25) is 0 Å². The van der Waals surface area contributed by atoms with Crippen molar-refractivity contribution in [1.29, 1.82) is 0 Å². The second-order valence-corrected chi connectivity index (χ2v) is 15.1. The molecule has 1 aliphatic carbocycles. The molecule has 0 saturated heterocycles. The number of nitrogens with zero attached hydrogens (tertiary/aromatic N) is 5. The van der Waals surface area contributed by atoms with Crippen LogP contribution in [0.4, 0.5) is 0 Å². The van der Waals surface area contributed by atoms with Crippen molar-refractivity contribution >= 4 is 48.2 Å². The van der Waals surface area contributed by atoms with Crippen molar-refractivity contribution in [1.82, 2.24) is 24.9 Å². The number of rotatable bonds is 11. The van der Waals surface area contributed by atoms with E-state index in [4.69, 9.17) is 9.97 Å². The monoisotopic (exact) mass is 905 g/mol. The van der Waals surface area contributed by atoms with Crippen LogP contribution in [-0.2, 0) is 31.3 Å². The SMILES string of the molecule is CCC(CC)C(=O)/C=C(\O)C(CC)CC.Cc1nc(C)nc(-c2cc(-c3ncnc4c3sc3cc(CC5CCCC5)ccc34)[c-]c3ccccc23)n1.[Ir]. The fourth-order valence-corrected chi connectivity index (χ4v) is 8.77. The van der Waals surface area contributed by atoms with Crippen molar-refractivity contribution in [2.45, 2.75) is 99.3 Å². The Balaban J connectivity index is 0.000000290. The molecule has 0 amide bonds. The second-order valence-electron chi connectivity index (χ2n) is 14.1. The third-order valence-corrected chi connectivity index (χ3v) is 11.7. The summed E-state index contributed by atoms with van der Waals surface area (Å²) in [5.41, 5.74) is 5.23. The smallest absolute Gasteiger partial charge is 0.162 e. The van der Waals surface area contributed by atoms with E-state index in [1.165, 1.54) is 53.8 Å². The first-order valence-electron chi connectivity index (χ1n) is 19.0. The quantitative estimate of drug-likeness (QED) is 0.0785. The average Bonchev–Trinajstić information content (AvgIpc) is 3.79. The van der Waals surface area contributed by atoms with Crippen LogP contribution in [0.1, 0.15) is 96.3 Å². The molecule has 0 aliphatic heterocycles. The van der Waals surface area contributed by atoms with Gasteiger partial charge in [0, 0.05) is 58.5 Å². The minimum absolute atomic E-state index is 0. The fraction of sp³-hybridized carbons (Fsp3) is 0.409. The Bertz CT molecular complexity index is 2200. The predicted octanol–water partition coefficient (Wildman–Crippen LogP) is 11.5. The van der Waals surface area contributed by atoms with E-state index in [2.05, 4.69) is 57.4 Å². The Morgan fingerprint density at radius 1 is 0.887 bits per heavy atom. The van der Waals surface area contributed by atoms with E-state index < -0.39 is 0 Å². The van der Waals surface area contributed by atoms with E-state index in [-0.39, 0.29) is 43.5 Å². The number of allylic oxidation sites excluding steroid dienone is 2. The Morgan fingerprint density at radius 2 is 1.57 bits per heavy atom. The number of aliphatic hydroxyl groups is 1. The molecule has 279 valence electrons. The molecule has 1 aliphatic rings. The van der Waals surface area contributed by atoms with Gasteiger partial charge in [0.15, 0.2) is 5.78 Å². The molecular formula is C44H50IrN5O2S-. The van der Waals surface area contributed by atoms with Crippen LogP contribution in [-0.4, -0.2) is 35.8 Å². The molecule has 53 heavy (non-hydrogen) atoms. The Kier molecular flexibility index (Phi) is 14.0. The van der Waals surface area contributed by atoms with Gasteiger partial charge in [0.25, 0.3) is 0 Å². The van der Waals surface area contributed by atoms with Gasteiger partial charge in [-0.15, -0.1) is 34.9 Å². The predicted molar refractivity (Wildman–Crippen MR) is 215 cm³/mol. The number of aryl methyl sites for hydroxylation is 2. The molecule has 0 unspecified atom stereocenters. The molecule has 1 N–H and O–H groups in total. The van der Waals surface area contributed by atoms with Gasteiger partial charge in [-0.3, -0.25) is 9.78 Å². The van der Waals surface area contributed by atoms with Gasteiger partial charge in [0.05, 0.1) is 11.3 Å². The molecule has 0 spiro atoms. The van der Waals surface area contributed by atoms with Crippen LogP contribution >= 0.6 is 11.3 Å². The molecule has 1 saturated carbocycles. The van der Waals surface area contributed by atoms with Crippen LogP contribution in [0.5, 0.6) is 0 Å². The van der Waals surface area contributed by atoms with Crippen LogP contribution in [0.2, 0.25) is 0 Å². The normalized spacial score (nSPS) is 13.5. The van der Waals surface area contributed by atoms with E-state index in [1.54, 1.807) is 17.7 Å². The number of benzene rings is 3. The first kappa shape index (κ1) is 40.3. The van der Waals surface area contributed by atoms with E-state index in [9.17, 15) is 9.90 Å². The topological polar surface area (TPSA) is 102 Å². The van der Waals surface area contributed by atoms with Crippen LogP contribution in [0.25, 0.3) is 53.7 Å². The molecule has 3 heterocycles. The number of carbonyl (C=O) groups is 1. The van der Waals surface area contributed by atoms with Crippen molar-refractivity contribution in [3.8, 4) is 22.6 Å². The van der Waals surface area contributed by atoms with Gasteiger partial charge in [-0.25, -0.2) is 19.9 Å². The Morgan fingerprint density at radius 3 is 2.25 bits per heavy atom. The molecule has 7 nitrogen and oxygen atoms in total. The Labute approximate surface area is 331 Å². The molecule has 1 radical (unpaired) electrons. The second kappa shape index (κ2) is 18.4. The average molecular weight is 905 g/mol. The third-order valence-electron chi connectivity index (χ3n) is 10.5. The summed E-state index contributed by atoms with van der Waals surface area (Å²) in [6.45, 7) is 11.9. The zero-order chi connectivity index (χ0) is 36.8. The van der Waals surface area contributed by atoms with Crippen LogP contribution < -0.4 is 0 Å². The summed E-state index contributed by atoms with van der Waals surface area (Å²) in [6, 6.07) is 20.9. The first-order valence-corrected chi connectivity index (χ1v) is 19.8. The summed E-state index contributed by atoms with van der Waals surface area (Å²) in [5, 5.41) is 13.0. The van der Waals surface area contributed by atoms with Crippen LogP contribution in [0.15, 0.2) is 66.7 Å².